The molecule has 0 aliphatic heterocycles. The second-order valence-corrected chi connectivity index (χ2v) is 18.1. The summed E-state index contributed by atoms with van der Waals surface area (Å²) in [5.74, 6) is 0.855. The number of ether oxygens (including phenoxy) is 1. The quantitative estimate of drug-likeness (QED) is 0.300. The first-order valence-electron chi connectivity index (χ1n) is 10.1. The van der Waals surface area contributed by atoms with Crippen molar-refractivity contribution >= 4 is 16.6 Å². The minimum atomic E-state index is -2.33. The number of allylic oxidation sites excluding steroid dienone is 1. The molecule has 0 heterocycles. The third-order valence-corrected chi connectivity index (χ3v) is 7.19. The van der Waals surface area contributed by atoms with Crippen molar-refractivity contribution in [2.75, 3.05) is 7.11 Å². The van der Waals surface area contributed by atoms with Crippen molar-refractivity contribution in [3.8, 4) is 5.75 Å². The molecule has 158 valence electrons. The Bertz CT molecular complexity index is 650. The van der Waals surface area contributed by atoms with E-state index in [0.29, 0.717) is 0 Å². The lowest BCUT2D eigenvalue weighted by atomic mass is 10.0. The highest BCUT2D eigenvalue weighted by molar-refractivity contribution is 6.81. The molecule has 0 fully saturated rings. The second kappa shape index (κ2) is 10.1. The Morgan fingerprint density at radius 2 is 1.64 bits per heavy atom. The van der Waals surface area contributed by atoms with E-state index < -0.39 is 16.6 Å². The lowest BCUT2D eigenvalue weighted by Gasteiger charge is -2.35. The first-order chi connectivity index (χ1) is 12.7. The Balaban J connectivity index is 3.22. The van der Waals surface area contributed by atoms with Crippen LogP contribution in [0, 0.1) is 0 Å². The number of methoxy groups -OCH3 is 1. The highest BCUT2D eigenvalue weighted by atomic mass is 28.4. The Morgan fingerprint density at radius 3 is 2.07 bits per heavy atom. The van der Waals surface area contributed by atoms with Crippen molar-refractivity contribution in [2.24, 2.45) is 0 Å². The first kappa shape index (κ1) is 24.9. The number of hydrogen-bond acceptors (Lipinski definition) is 3. The average Bonchev–Trinajstić information content (AvgIpc) is 2.50. The van der Waals surface area contributed by atoms with Crippen LogP contribution in [0.5, 0.6) is 5.75 Å². The molecular weight excluding hydrogens is 380 g/mol. The zero-order valence-electron chi connectivity index (χ0n) is 19.4. The summed E-state index contributed by atoms with van der Waals surface area (Å²) < 4.78 is 18.3. The fourth-order valence-corrected chi connectivity index (χ4v) is 7.28. The van der Waals surface area contributed by atoms with Gasteiger partial charge < -0.3 is 13.6 Å². The van der Waals surface area contributed by atoms with E-state index in [1.807, 2.05) is 18.2 Å². The van der Waals surface area contributed by atoms with Gasteiger partial charge in [0.1, 0.15) is 5.75 Å². The number of rotatable bonds is 10. The van der Waals surface area contributed by atoms with Gasteiger partial charge in [0.2, 0.25) is 0 Å². The van der Waals surface area contributed by atoms with E-state index in [4.69, 9.17) is 13.6 Å². The van der Waals surface area contributed by atoms with Gasteiger partial charge >= 0.3 is 8.56 Å². The minimum absolute atomic E-state index is 0.0440. The Kier molecular flexibility index (Phi) is 8.94. The summed E-state index contributed by atoms with van der Waals surface area (Å²) in [4.78, 5) is 0. The van der Waals surface area contributed by atoms with E-state index >= 15 is 0 Å². The maximum atomic E-state index is 6.68. The third kappa shape index (κ3) is 9.87. The van der Waals surface area contributed by atoms with E-state index in [2.05, 4.69) is 77.9 Å². The van der Waals surface area contributed by atoms with Gasteiger partial charge in [0.05, 0.1) is 26.9 Å². The Labute approximate surface area is 175 Å². The largest absolute Gasteiger partial charge is 0.497 e. The molecular formula is C23H40O3Si2. The Hall–Kier alpha value is -1.15. The molecule has 1 atom stereocenters. The summed E-state index contributed by atoms with van der Waals surface area (Å²) in [5.41, 5.74) is 4.81. The standard InChI is InChI=1S/C23H40O3Si2/c1-11-12-19(18-27(6,7)8)17-22(20-13-15-21(24-5)16-14-20)25-28(9,10)26-23(2,3)4/h11,13-16,18,22H,1,12,17H2,2-10H3/b19-18-/t22-/m0/s1. The maximum Gasteiger partial charge on any atom is 0.332 e. The van der Waals surface area contributed by atoms with E-state index in [9.17, 15) is 0 Å². The fraction of sp³-hybridized carbons (Fsp3) is 0.565. The summed E-state index contributed by atoms with van der Waals surface area (Å²) >= 11 is 0. The van der Waals surface area contributed by atoms with Crippen molar-refractivity contribution in [1.29, 1.82) is 0 Å². The molecule has 3 nitrogen and oxygen atoms in total. The fourth-order valence-electron chi connectivity index (χ4n) is 3.39. The van der Waals surface area contributed by atoms with Crippen LogP contribution in [0.1, 0.15) is 45.3 Å². The number of hydrogen-bond donors (Lipinski definition) is 0. The molecule has 0 bridgehead atoms. The smallest absolute Gasteiger partial charge is 0.332 e. The van der Waals surface area contributed by atoms with Crippen LogP contribution in [0.15, 0.2) is 48.2 Å². The van der Waals surface area contributed by atoms with Gasteiger partial charge in [-0.3, -0.25) is 0 Å². The lowest BCUT2D eigenvalue weighted by molar-refractivity contribution is 0.0467. The van der Waals surface area contributed by atoms with E-state index in [0.717, 1.165) is 24.2 Å². The zero-order chi connectivity index (χ0) is 21.6. The van der Waals surface area contributed by atoms with Gasteiger partial charge in [0.15, 0.2) is 0 Å². The molecule has 0 aliphatic carbocycles. The van der Waals surface area contributed by atoms with Gasteiger partial charge in [0.25, 0.3) is 0 Å². The van der Waals surface area contributed by atoms with Crippen LogP contribution in [0.25, 0.3) is 0 Å². The van der Waals surface area contributed by atoms with Crippen LogP contribution in [0.2, 0.25) is 32.7 Å². The van der Waals surface area contributed by atoms with Gasteiger partial charge in [-0.2, -0.15) is 0 Å². The van der Waals surface area contributed by atoms with Gasteiger partial charge in [-0.15, -0.1) is 6.58 Å². The van der Waals surface area contributed by atoms with Gasteiger partial charge in [-0.25, -0.2) is 0 Å². The zero-order valence-corrected chi connectivity index (χ0v) is 21.4. The molecule has 28 heavy (non-hydrogen) atoms. The normalized spacial score (nSPS) is 14.7. The van der Waals surface area contributed by atoms with Crippen LogP contribution < -0.4 is 4.74 Å². The summed E-state index contributed by atoms with van der Waals surface area (Å²) in [6.45, 7) is 21.6. The molecule has 0 saturated carbocycles. The average molecular weight is 421 g/mol. The minimum Gasteiger partial charge on any atom is -0.497 e. The van der Waals surface area contributed by atoms with Crippen molar-refractivity contribution in [3.63, 3.8) is 0 Å². The molecule has 0 aliphatic rings. The molecule has 0 radical (unpaired) electrons. The van der Waals surface area contributed by atoms with E-state index in [1.165, 1.54) is 5.57 Å². The summed E-state index contributed by atoms with van der Waals surface area (Å²) in [7, 11) is -1.98. The van der Waals surface area contributed by atoms with Crippen molar-refractivity contribution in [1.82, 2.24) is 0 Å². The van der Waals surface area contributed by atoms with E-state index in [1.54, 1.807) is 7.11 Å². The molecule has 0 N–H and O–H groups in total. The first-order valence-corrected chi connectivity index (χ1v) is 16.5. The second-order valence-electron chi connectivity index (χ2n) is 9.86. The third-order valence-electron chi connectivity index (χ3n) is 3.96. The molecule has 0 saturated heterocycles. The van der Waals surface area contributed by atoms with Crippen LogP contribution >= 0.6 is 0 Å². The lowest BCUT2D eigenvalue weighted by Crippen LogP contribution is -2.43. The Morgan fingerprint density at radius 1 is 1.07 bits per heavy atom. The van der Waals surface area contributed by atoms with Crippen molar-refractivity contribution < 1.29 is 13.6 Å². The molecule has 1 aromatic carbocycles. The summed E-state index contributed by atoms with van der Waals surface area (Å²) in [6, 6.07) is 8.21. The molecule has 1 aromatic rings. The van der Waals surface area contributed by atoms with Gasteiger partial charge in [0, 0.05) is 0 Å². The summed E-state index contributed by atoms with van der Waals surface area (Å²) in [5, 5.41) is 0. The SMILES string of the molecule is C=CC/C(=C/[Si](C)(C)C)C[C@H](O[Si](C)(C)OC(C)(C)C)c1ccc(OC)cc1. The topological polar surface area (TPSA) is 27.7 Å². The molecule has 0 spiro atoms. The van der Waals surface area contributed by atoms with Gasteiger partial charge in [-0.05, 0) is 64.4 Å². The van der Waals surface area contributed by atoms with Crippen molar-refractivity contribution in [3.05, 3.63) is 53.8 Å². The van der Waals surface area contributed by atoms with Crippen LogP contribution in [0.4, 0.5) is 0 Å². The molecule has 0 amide bonds. The van der Waals surface area contributed by atoms with Gasteiger partial charge in [-0.1, -0.05) is 49.1 Å². The molecule has 0 unspecified atom stereocenters. The molecule has 0 aromatic heterocycles. The predicted molar refractivity (Wildman–Crippen MR) is 126 cm³/mol. The molecule has 5 heteroatoms. The van der Waals surface area contributed by atoms with Crippen LogP contribution in [0.3, 0.4) is 0 Å². The number of benzene rings is 1. The molecule has 1 rings (SSSR count). The highest BCUT2D eigenvalue weighted by Gasteiger charge is 2.34. The summed E-state index contributed by atoms with van der Waals surface area (Å²) in [6.07, 6.45) is 3.69. The highest BCUT2D eigenvalue weighted by Crippen LogP contribution is 2.33. The maximum absolute atomic E-state index is 6.68. The van der Waals surface area contributed by atoms with Crippen LogP contribution in [-0.4, -0.2) is 29.3 Å². The monoisotopic (exact) mass is 420 g/mol. The van der Waals surface area contributed by atoms with Crippen LogP contribution in [-0.2, 0) is 8.85 Å². The van der Waals surface area contributed by atoms with Crippen molar-refractivity contribution in [2.45, 2.75) is 78.1 Å². The predicted octanol–water partition coefficient (Wildman–Crippen LogP) is 7.04. The van der Waals surface area contributed by atoms with E-state index in [-0.39, 0.29) is 11.7 Å².